The lowest BCUT2D eigenvalue weighted by atomic mass is 10.1. The van der Waals surface area contributed by atoms with Gasteiger partial charge in [-0.15, -0.1) is 0 Å². The molecule has 1 aromatic rings. The molecule has 1 saturated carbocycles. The van der Waals surface area contributed by atoms with E-state index in [-0.39, 0.29) is 0 Å². The van der Waals surface area contributed by atoms with Crippen LogP contribution in [0.2, 0.25) is 0 Å². The van der Waals surface area contributed by atoms with Gasteiger partial charge < -0.3 is 10.1 Å². The first-order valence-corrected chi connectivity index (χ1v) is 5.83. The summed E-state index contributed by atoms with van der Waals surface area (Å²) in [6.45, 7) is 3.13. The van der Waals surface area contributed by atoms with Crippen molar-refractivity contribution in [3.8, 4) is 5.75 Å². The normalized spacial score (nSPS) is 16.2. The van der Waals surface area contributed by atoms with E-state index in [1.807, 2.05) is 18.2 Å². The van der Waals surface area contributed by atoms with Gasteiger partial charge in [0.05, 0.1) is 7.11 Å². The van der Waals surface area contributed by atoms with E-state index in [0.29, 0.717) is 0 Å². The van der Waals surface area contributed by atoms with Crippen LogP contribution >= 0.6 is 0 Å². The third kappa shape index (κ3) is 3.11. The SMILES string of the molecule is COc1ccccc1C=C(C)CNC1CC1. The fourth-order valence-corrected chi connectivity index (χ4v) is 1.69. The molecule has 0 unspecified atom stereocenters. The first-order chi connectivity index (χ1) is 7.79. The number of hydrogen-bond donors (Lipinski definition) is 1. The second kappa shape index (κ2) is 5.17. The first kappa shape index (κ1) is 11.2. The van der Waals surface area contributed by atoms with E-state index in [1.54, 1.807) is 7.11 Å². The van der Waals surface area contributed by atoms with E-state index in [1.165, 1.54) is 18.4 Å². The number of ether oxygens (including phenoxy) is 1. The minimum atomic E-state index is 0.765. The highest BCUT2D eigenvalue weighted by molar-refractivity contribution is 5.59. The monoisotopic (exact) mass is 217 g/mol. The van der Waals surface area contributed by atoms with Crippen molar-refractivity contribution < 1.29 is 4.74 Å². The van der Waals surface area contributed by atoms with Crippen molar-refractivity contribution in [2.45, 2.75) is 25.8 Å². The summed E-state index contributed by atoms with van der Waals surface area (Å²) in [4.78, 5) is 0. The largest absolute Gasteiger partial charge is 0.496 e. The van der Waals surface area contributed by atoms with Crippen LogP contribution in [0.15, 0.2) is 29.8 Å². The zero-order valence-corrected chi connectivity index (χ0v) is 9.99. The lowest BCUT2D eigenvalue weighted by Gasteiger charge is -2.06. The Kier molecular flexibility index (Phi) is 3.62. The molecule has 86 valence electrons. The highest BCUT2D eigenvalue weighted by Gasteiger charge is 2.19. The number of para-hydroxylation sites is 1. The average Bonchev–Trinajstić information content (AvgIpc) is 3.11. The summed E-state index contributed by atoms with van der Waals surface area (Å²) in [6.07, 6.45) is 4.86. The van der Waals surface area contributed by atoms with E-state index < -0.39 is 0 Å². The summed E-state index contributed by atoms with van der Waals surface area (Å²) in [5, 5.41) is 3.50. The van der Waals surface area contributed by atoms with Crippen molar-refractivity contribution in [2.75, 3.05) is 13.7 Å². The molecule has 0 atom stereocenters. The van der Waals surface area contributed by atoms with Crippen molar-refractivity contribution in [2.24, 2.45) is 0 Å². The van der Waals surface area contributed by atoms with Crippen LogP contribution in [0.1, 0.15) is 25.3 Å². The van der Waals surface area contributed by atoms with Crippen LogP contribution in [0.25, 0.3) is 6.08 Å². The van der Waals surface area contributed by atoms with Gasteiger partial charge in [0.25, 0.3) is 0 Å². The molecule has 0 saturated heterocycles. The number of rotatable bonds is 5. The van der Waals surface area contributed by atoms with Crippen molar-refractivity contribution in [1.29, 1.82) is 0 Å². The Morgan fingerprint density at radius 1 is 1.44 bits per heavy atom. The third-order valence-electron chi connectivity index (χ3n) is 2.79. The standard InChI is InChI=1S/C14H19NO/c1-11(10-15-13-7-8-13)9-12-5-3-4-6-14(12)16-2/h3-6,9,13,15H,7-8,10H2,1-2H3. The maximum Gasteiger partial charge on any atom is 0.126 e. The maximum atomic E-state index is 5.32. The summed E-state index contributed by atoms with van der Waals surface area (Å²) in [5.41, 5.74) is 2.50. The van der Waals surface area contributed by atoms with Gasteiger partial charge in [0, 0.05) is 18.2 Å². The molecular weight excluding hydrogens is 198 g/mol. The quantitative estimate of drug-likeness (QED) is 0.819. The summed E-state index contributed by atoms with van der Waals surface area (Å²) >= 11 is 0. The van der Waals surface area contributed by atoms with Crippen LogP contribution in [0.3, 0.4) is 0 Å². The van der Waals surface area contributed by atoms with Gasteiger partial charge in [-0.25, -0.2) is 0 Å². The second-order valence-corrected chi connectivity index (χ2v) is 4.39. The van der Waals surface area contributed by atoms with Crippen molar-refractivity contribution >= 4 is 6.08 Å². The number of benzene rings is 1. The Bertz CT molecular complexity index is 380. The van der Waals surface area contributed by atoms with E-state index in [2.05, 4.69) is 24.4 Å². The molecule has 16 heavy (non-hydrogen) atoms. The van der Waals surface area contributed by atoms with E-state index >= 15 is 0 Å². The Morgan fingerprint density at radius 2 is 2.19 bits per heavy atom. The van der Waals surface area contributed by atoms with Crippen molar-refractivity contribution in [3.05, 3.63) is 35.4 Å². The van der Waals surface area contributed by atoms with Gasteiger partial charge in [-0.2, -0.15) is 0 Å². The van der Waals surface area contributed by atoms with Crippen LogP contribution in [-0.2, 0) is 0 Å². The summed E-state index contributed by atoms with van der Waals surface area (Å²) in [7, 11) is 1.71. The minimum Gasteiger partial charge on any atom is -0.496 e. The summed E-state index contributed by atoms with van der Waals surface area (Å²) in [6, 6.07) is 8.87. The van der Waals surface area contributed by atoms with Crippen molar-refractivity contribution in [3.63, 3.8) is 0 Å². The minimum absolute atomic E-state index is 0.765. The summed E-state index contributed by atoms with van der Waals surface area (Å²) < 4.78 is 5.32. The predicted octanol–water partition coefficient (Wildman–Crippen LogP) is 2.85. The van der Waals surface area contributed by atoms with Gasteiger partial charge in [0.15, 0.2) is 0 Å². The molecular formula is C14H19NO. The highest BCUT2D eigenvalue weighted by Crippen LogP contribution is 2.21. The second-order valence-electron chi connectivity index (χ2n) is 4.39. The molecule has 1 aromatic carbocycles. The van der Waals surface area contributed by atoms with Crippen LogP contribution in [0.4, 0.5) is 0 Å². The fourth-order valence-electron chi connectivity index (χ4n) is 1.69. The molecule has 0 aromatic heterocycles. The van der Waals surface area contributed by atoms with Crippen LogP contribution in [0, 0.1) is 0 Å². The Hall–Kier alpha value is -1.28. The molecule has 0 aliphatic heterocycles. The fraction of sp³-hybridized carbons (Fsp3) is 0.429. The zero-order chi connectivity index (χ0) is 11.4. The Balaban J connectivity index is 2.01. The molecule has 2 rings (SSSR count). The molecule has 0 bridgehead atoms. The highest BCUT2D eigenvalue weighted by atomic mass is 16.5. The van der Waals surface area contributed by atoms with E-state index in [4.69, 9.17) is 4.74 Å². The molecule has 1 N–H and O–H groups in total. The topological polar surface area (TPSA) is 21.3 Å². The Morgan fingerprint density at radius 3 is 2.88 bits per heavy atom. The van der Waals surface area contributed by atoms with Gasteiger partial charge in [-0.1, -0.05) is 29.8 Å². The molecule has 2 nitrogen and oxygen atoms in total. The lowest BCUT2D eigenvalue weighted by molar-refractivity contribution is 0.414. The molecule has 0 heterocycles. The molecule has 2 heteroatoms. The molecule has 1 aliphatic rings. The van der Waals surface area contributed by atoms with Crippen LogP contribution in [-0.4, -0.2) is 19.7 Å². The van der Waals surface area contributed by atoms with Crippen molar-refractivity contribution in [1.82, 2.24) is 5.32 Å². The Labute approximate surface area is 97.3 Å². The average molecular weight is 217 g/mol. The van der Waals surface area contributed by atoms with Gasteiger partial charge in [-0.05, 0) is 25.8 Å². The van der Waals surface area contributed by atoms with Crippen LogP contribution < -0.4 is 10.1 Å². The van der Waals surface area contributed by atoms with Crippen LogP contribution in [0.5, 0.6) is 5.75 Å². The van der Waals surface area contributed by atoms with Gasteiger partial charge in [-0.3, -0.25) is 0 Å². The zero-order valence-electron chi connectivity index (χ0n) is 9.99. The number of hydrogen-bond acceptors (Lipinski definition) is 2. The predicted molar refractivity (Wildman–Crippen MR) is 67.7 cm³/mol. The smallest absolute Gasteiger partial charge is 0.126 e. The molecule has 1 fully saturated rings. The molecule has 1 aliphatic carbocycles. The van der Waals surface area contributed by atoms with Gasteiger partial charge in [0.2, 0.25) is 0 Å². The molecule has 0 spiro atoms. The third-order valence-corrected chi connectivity index (χ3v) is 2.79. The van der Waals surface area contributed by atoms with Gasteiger partial charge >= 0.3 is 0 Å². The number of nitrogens with one attached hydrogen (secondary N) is 1. The van der Waals surface area contributed by atoms with E-state index in [0.717, 1.165) is 23.9 Å². The maximum absolute atomic E-state index is 5.32. The van der Waals surface area contributed by atoms with E-state index in [9.17, 15) is 0 Å². The first-order valence-electron chi connectivity index (χ1n) is 5.83. The van der Waals surface area contributed by atoms with Gasteiger partial charge in [0.1, 0.15) is 5.75 Å². The lowest BCUT2D eigenvalue weighted by Crippen LogP contribution is -2.18. The number of methoxy groups -OCH3 is 1. The summed E-state index contributed by atoms with van der Waals surface area (Å²) in [5.74, 6) is 0.938. The molecule has 0 radical (unpaired) electrons. The molecule has 0 amide bonds.